The molecule has 46 heavy (non-hydrogen) atoms. The predicted octanol–water partition coefficient (Wildman–Crippen LogP) is 1.27. The molecule has 6 N–H and O–H groups in total. The summed E-state index contributed by atoms with van der Waals surface area (Å²) in [5.41, 5.74) is 3.90. The molecule has 2 saturated carbocycles. The van der Waals surface area contributed by atoms with E-state index in [9.17, 15) is 33.9 Å². The number of hydrogen-bond acceptors (Lipinski definition) is 7. The van der Waals surface area contributed by atoms with E-state index in [1.165, 1.54) is 9.80 Å². The standard InChI is InChI=1S/C33H54N6O7/c1-31(2,3)20(16-38-21(40)12-13-22(38)41)36-30(46)37-26(32(4,5)6)29(45)39-15-18-23(33(18,7)8)24(39)28(44)35-19(25(42)27(34)43)14-17-10-9-11-17/h17-21,23-24,26,40H,9-16H2,1-8H3,(H2,34,43)(H,35,44)(H2,36,37,46)/t18-,19?,20+,21?,23-,24-,26+/m0/s1. The number of ketones is 1. The van der Waals surface area contributed by atoms with Gasteiger partial charge in [-0.3, -0.25) is 24.0 Å². The van der Waals surface area contributed by atoms with Crippen LogP contribution in [-0.2, 0) is 24.0 Å². The first-order valence-electron chi connectivity index (χ1n) is 16.6. The molecule has 4 aliphatic rings. The summed E-state index contributed by atoms with van der Waals surface area (Å²) in [6, 6.07) is -4.08. The smallest absolute Gasteiger partial charge is 0.315 e. The summed E-state index contributed by atoms with van der Waals surface area (Å²) in [6.07, 6.45) is 2.85. The number of amides is 6. The molecule has 6 amide bonds. The SMILES string of the molecule is CC(C)(C)[C@H](NC(=O)N[C@H](CN1C(=O)CCC1O)C(C)(C)C)C(=O)N1C[C@H]2[C@@H]([C@H]1C(=O)NC(CC1CCC1)C(=O)C(N)=O)C2(C)C. The molecule has 2 unspecified atom stereocenters. The van der Waals surface area contributed by atoms with Crippen LogP contribution < -0.4 is 21.7 Å². The van der Waals surface area contributed by atoms with Crippen molar-refractivity contribution in [3.8, 4) is 0 Å². The molecule has 2 aliphatic heterocycles. The fraction of sp³-hybridized carbons (Fsp3) is 0.818. The molecular weight excluding hydrogens is 592 g/mol. The van der Waals surface area contributed by atoms with Gasteiger partial charge in [0, 0.05) is 25.9 Å². The van der Waals surface area contributed by atoms with E-state index in [0.29, 0.717) is 19.4 Å². The fourth-order valence-corrected chi connectivity index (χ4v) is 7.36. The van der Waals surface area contributed by atoms with Crippen molar-refractivity contribution in [2.24, 2.45) is 39.7 Å². The molecule has 2 aliphatic carbocycles. The minimum Gasteiger partial charge on any atom is -0.374 e. The minimum atomic E-state index is -1.10. The van der Waals surface area contributed by atoms with E-state index >= 15 is 0 Å². The monoisotopic (exact) mass is 646 g/mol. The lowest BCUT2D eigenvalue weighted by Crippen LogP contribution is -2.63. The topological polar surface area (TPSA) is 191 Å². The number of primary amides is 1. The summed E-state index contributed by atoms with van der Waals surface area (Å²) in [7, 11) is 0. The Balaban J connectivity index is 1.52. The van der Waals surface area contributed by atoms with E-state index in [0.717, 1.165) is 19.3 Å². The van der Waals surface area contributed by atoms with Crippen LogP contribution in [0.5, 0.6) is 0 Å². The molecule has 2 saturated heterocycles. The number of Topliss-reactive ketones (excluding diaryl/α,β-unsaturated/α-hetero) is 1. The average Bonchev–Trinajstić information content (AvgIpc) is 3.20. The Labute approximate surface area is 272 Å². The van der Waals surface area contributed by atoms with Gasteiger partial charge in [0.1, 0.15) is 18.3 Å². The summed E-state index contributed by atoms with van der Waals surface area (Å²) in [5.74, 6) is -2.90. The van der Waals surface area contributed by atoms with Crippen LogP contribution in [0.2, 0.25) is 0 Å². The van der Waals surface area contributed by atoms with Crippen molar-refractivity contribution in [3.05, 3.63) is 0 Å². The second kappa shape index (κ2) is 12.8. The van der Waals surface area contributed by atoms with Crippen LogP contribution in [0.3, 0.4) is 0 Å². The second-order valence-electron chi connectivity index (χ2n) is 16.6. The maximum atomic E-state index is 14.3. The van der Waals surface area contributed by atoms with Gasteiger partial charge in [0.25, 0.3) is 5.91 Å². The van der Waals surface area contributed by atoms with E-state index in [1.807, 2.05) is 55.4 Å². The molecule has 2 heterocycles. The van der Waals surface area contributed by atoms with Gasteiger partial charge < -0.3 is 36.6 Å². The summed E-state index contributed by atoms with van der Waals surface area (Å²) < 4.78 is 0. The molecule has 258 valence electrons. The van der Waals surface area contributed by atoms with Crippen molar-refractivity contribution >= 4 is 35.4 Å². The molecule has 0 radical (unpaired) electrons. The van der Waals surface area contributed by atoms with Gasteiger partial charge in [0.05, 0.1) is 12.1 Å². The fourth-order valence-electron chi connectivity index (χ4n) is 7.36. The number of hydrogen-bond donors (Lipinski definition) is 5. The molecule has 13 heteroatoms. The number of carbonyl (C=O) groups is 6. The van der Waals surface area contributed by atoms with Crippen molar-refractivity contribution in [3.63, 3.8) is 0 Å². The van der Waals surface area contributed by atoms with E-state index in [1.54, 1.807) is 0 Å². The zero-order valence-corrected chi connectivity index (χ0v) is 28.6. The normalized spacial score (nSPS) is 27.6. The lowest BCUT2D eigenvalue weighted by atomic mass is 9.80. The van der Waals surface area contributed by atoms with Gasteiger partial charge in [-0.2, -0.15) is 0 Å². The van der Waals surface area contributed by atoms with Crippen molar-refractivity contribution < 1.29 is 33.9 Å². The molecular formula is C33H54N6O7. The van der Waals surface area contributed by atoms with Crippen LogP contribution in [0, 0.1) is 34.0 Å². The van der Waals surface area contributed by atoms with Crippen LogP contribution in [0.15, 0.2) is 0 Å². The molecule has 4 fully saturated rings. The maximum absolute atomic E-state index is 14.3. The van der Waals surface area contributed by atoms with Gasteiger partial charge in [-0.1, -0.05) is 74.7 Å². The summed E-state index contributed by atoms with van der Waals surface area (Å²) >= 11 is 0. The average molecular weight is 647 g/mol. The first kappa shape index (κ1) is 35.6. The van der Waals surface area contributed by atoms with E-state index in [2.05, 4.69) is 16.0 Å². The van der Waals surface area contributed by atoms with Crippen molar-refractivity contribution in [1.29, 1.82) is 0 Å². The maximum Gasteiger partial charge on any atom is 0.315 e. The van der Waals surface area contributed by atoms with Gasteiger partial charge in [-0.15, -0.1) is 0 Å². The Kier molecular flexibility index (Phi) is 9.89. The molecule has 13 nitrogen and oxygen atoms in total. The number of fused-ring (bicyclic) bond motifs is 1. The van der Waals surface area contributed by atoms with Crippen molar-refractivity contribution in [2.45, 2.75) is 124 Å². The minimum absolute atomic E-state index is 0.0632. The molecule has 0 spiro atoms. The van der Waals surface area contributed by atoms with Crippen LogP contribution >= 0.6 is 0 Å². The number of carbonyl (C=O) groups excluding carboxylic acids is 6. The molecule has 0 aromatic rings. The van der Waals surface area contributed by atoms with Crippen LogP contribution in [0.25, 0.3) is 0 Å². The highest BCUT2D eigenvalue weighted by atomic mass is 16.3. The van der Waals surface area contributed by atoms with E-state index in [-0.39, 0.29) is 42.0 Å². The number of piperidine rings is 1. The molecule has 0 aromatic carbocycles. The number of aliphatic hydroxyl groups excluding tert-OH is 1. The quantitative estimate of drug-likeness (QED) is 0.209. The van der Waals surface area contributed by atoms with Crippen molar-refractivity contribution in [2.75, 3.05) is 13.1 Å². The summed E-state index contributed by atoms with van der Waals surface area (Å²) in [5, 5.41) is 18.9. The molecule has 0 aromatic heterocycles. The number of likely N-dealkylation sites (tertiary alicyclic amines) is 2. The van der Waals surface area contributed by atoms with Gasteiger partial charge in [0.15, 0.2) is 0 Å². The van der Waals surface area contributed by atoms with Gasteiger partial charge in [-0.05, 0) is 40.4 Å². The number of rotatable bonds is 11. The highest BCUT2D eigenvalue weighted by molar-refractivity contribution is 6.37. The first-order chi connectivity index (χ1) is 21.1. The van der Waals surface area contributed by atoms with Crippen molar-refractivity contribution in [1.82, 2.24) is 25.8 Å². The van der Waals surface area contributed by atoms with Gasteiger partial charge >= 0.3 is 6.03 Å². The highest BCUT2D eigenvalue weighted by Gasteiger charge is 2.70. The Hall–Kier alpha value is -3.22. The number of nitrogens with zero attached hydrogens (tertiary/aromatic N) is 2. The number of aliphatic hydroxyl groups is 1. The lowest BCUT2D eigenvalue weighted by molar-refractivity contribution is -0.145. The number of nitrogens with two attached hydrogens (primary N) is 1. The molecule has 4 rings (SSSR count). The third kappa shape index (κ3) is 7.34. The third-order valence-corrected chi connectivity index (χ3v) is 10.8. The zero-order chi connectivity index (χ0) is 34.5. The van der Waals surface area contributed by atoms with E-state index < -0.39 is 70.8 Å². The first-order valence-corrected chi connectivity index (χ1v) is 16.6. The molecule has 0 bridgehead atoms. The summed E-state index contributed by atoms with van der Waals surface area (Å²) in [6.45, 7) is 15.8. The Morgan fingerprint density at radius 1 is 0.978 bits per heavy atom. The Bertz CT molecular complexity index is 1250. The predicted molar refractivity (Wildman–Crippen MR) is 169 cm³/mol. The zero-order valence-electron chi connectivity index (χ0n) is 28.6. The van der Waals surface area contributed by atoms with Crippen LogP contribution in [0.1, 0.15) is 93.9 Å². The lowest BCUT2D eigenvalue weighted by Gasteiger charge is -2.39. The highest BCUT2D eigenvalue weighted by Crippen LogP contribution is 2.65. The number of nitrogens with one attached hydrogen (secondary N) is 3. The van der Waals surface area contributed by atoms with Crippen LogP contribution in [0.4, 0.5) is 4.79 Å². The van der Waals surface area contributed by atoms with Gasteiger partial charge in [0.2, 0.25) is 23.5 Å². The third-order valence-electron chi connectivity index (χ3n) is 10.8. The Morgan fingerprint density at radius 3 is 2.09 bits per heavy atom. The van der Waals surface area contributed by atoms with E-state index in [4.69, 9.17) is 5.73 Å². The molecule has 7 atom stereocenters. The summed E-state index contributed by atoms with van der Waals surface area (Å²) in [4.78, 5) is 81.5. The van der Waals surface area contributed by atoms with Gasteiger partial charge in [-0.25, -0.2) is 4.79 Å². The number of urea groups is 1. The van der Waals surface area contributed by atoms with Crippen LogP contribution in [-0.4, -0.2) is 93.8 Å². The second-order valence-corrected chi connectivity index (χ2v) is 16.6. The largest absolute Gasteiger partial charge is 0.374 e. The Morgan fingerprint density at radius 2 is 1.61 bits per heavy atom.